The summed E-state index contributed by atoms with van der Waals surface area (Å²) < 4.78 is 55.6. The largest absolute Gasteiger partial charge is 0.470 e. The average molecular weight is 383 g/mol. The average Bonchev–Trinajstić information content (AvgIpc) is 3.11. The molecule has 136 valence electrons. The maximum Gasteiger partial charge on any atom is 0.470 e. The standard InChI is InChI=1S/C15H12F3N5O2S/c1-26(24)23(11-5-3-2-4-6-11)9-12-19-7-10(8-20-12)13-21-22-14(25-13)15(16,17)18/h2-8H,9H2,1H3. The molecule has 0 aliphatic rings. The minimum atomic E-state index is -4.71. The van der Waals surface area contributed by atoms with Gasteiger partial charge in [0.15, 0.2) is 0 Å². The Morgan fingerprint density at radius 1 is 1.12 bits per heavy atom. The molecule has 1 aromatic carbocycles. The lowest BCUT2D eigenvalue weighted by Crippen LogP contribution is -2.25. The van der Waals surface area contributed by atoms with Gasteiger partial charge in [-0.1, -0.05) is 18.2 Å². The molecule has 1 atom stereocenters. The second-order valence-corrected chi connectivity index (χ2v) is 6.38. The van der Waals surface area contributed by atoms with Crippen LogP contribution in [0.3, 0.4) is 0 Å². The minimum absolute atomic E-state index is 0.153. The summed E-state index contributed by atoms with van der Waals surface area (Å²) in [6, 6.07) is 9.06. The highest BCUT2D eigenvalue weighted by Crippen LogP contribution is 2.30. The number of benzene rings is 1. The van der Waals surface area contributed by atoms with Crippen LogP contribution >= 0.6 is 0 Å². The van der Waals surface area contributed by atoms with Crippen molar-refractivity contribution < 1.29 is 21.8 Å². The fourth-order valence-electron chi connectivity index (χ4n) is 2.05. The molecule has 2 aromatic heterocycles. The van der Waals surface area contributed by atoms with Crippen LogP contribution in [0.1, 0.15) is 11.7 Å². The molecule has 0 N–H and O–H groups in total. The molecular weight excluding hydrogens is 371 g/mol. The number of para-hydroxylation sites is 1. The minimum Gasteiger partial charge on any atom is -0.413 e. The first-order valence-corrected chi connectivity index (χ1v) is 8.74. The van der Waals surface area contributed by atoms with E-state index < -0.39 is 23.1 Å². The van der Waals surface area contributed by atoms with Crippen LogP contribution in [-0.4, -0.2) is 30.6 Å². The summed E-state index contributed by atoms with van der Waals surface area (Å²) >= 11 is 0. The number of hydrogen-bond donors (Lipinski definition) is 0. The number of alkyl halides is 3. The Kier molecular flexibility index (Phi) is 4.98. The van der Waals surface area contributed by atoms with E-state index in [2.05, 4.69) is 24.6 Å². The summed E-state index contributed by atoms with van der Waals surface area (Å²) in [5, 5.41) is 6.30. The van der Waals surface area contributed by atoms with E-state index >= 15 is 0 Å². The number of nitrogens with zero attached hydrogens (tertiary/aromatic N) is 5. The quantitative estimate of drug-likeness (QED) is 0.674. The summed E-state index contributed by atoms with van der Waals surface area (Å²) in [6.45, 7) is 0.158. The van der Waals surface area contributed by atoms with E-state index in [9.17, 15) is 17.4 Å². The van der Waals surface area contributed by atoms with E-state index in [0.717, 1.165) is 5.69 Å². The van der Waals surface area contributed by atoms with Crippen molar-refractivity contribution in [2.45, 2.75) is 12.7 Å². The van der Waals surface area contributed by atoms with Gasteiger partial charge in [-0.3, -0.25) is 4.31 Å². The summed E-state index contributed by atoms with van der Waals surface area (Å²) in [7, 11) is -1.32. The molecule has 11 heteroatoms. The van der Waals surface area contributed by atoms with E-state index in [0.29, 0.717) is 5.82 Å². The van der Waals surface area contributed by atoms with E-state index in [4.69, 9.17) is 0 Å². The molecule has 0 saturated carbocycles. The highest BCUT2D eigenvalue weighted by atomic mass is 32.2. The Morgan fingerprint density at radius 3 is 2.31 bits per heavy atom. The van der Waals surface area contributed by atoms with Gasteiger partial charge in [-0.25, -0.2) is 14.2 Å². The van der Waals surface area contributed by atoms with Crippen molar-refractivity contribution in [1.82, 2.24) is 20.2 Å². The molecule has 0 fully saturated rings. The van der Waals surface area contributed by atoms with Crippen molar-refractivity contribution in [3.63, 3.8) is 0 Å². The molecule has 0 radical (unpaired) electrons. The summed E-state index contributed by atoms with van der Waals surface area (Å²) in [6.07, 6.45) is -0.637. The third-order valence-corrected chi connectivity index (χ3v) is 4.22. The van der Waals surface area contributed by atoms with Crippen LogP contribution < -0.4 is 4.31 Å². The van der Waals surface area contributed by atoms with Gasteiger partial charge >= 0.3 is 12.1 Å². The van der Waals surface area contributed by atoms with Crippen molar-refractivity contribution in [1.29, 1.82) is 0 Å². The molecule has 7 nitrogen and oxygen atoms in total. The molecule has 0 spiro atoms. The molecular formula is C15H12F3N5O2S. The van der Waals surface area contributed by atoms with E-state index in [1.165, 1.54) is 18.6 Å². The normalized spacial score (nSPS) is 12.8. The molecule has 0 aliphatic heterocycles. The monoisotopic (exact) mass is 383 g/mol. The van der Waals surface area contributed by atoms with Crippen molar-refractivity contribution in [2.75, 3.05) is 10.6 Å². The first-order valence-electron chi connectivity index (χ1n) is 7.22. The van der Waals surface area contributed by atoms with E-state index in [-0.39, 0.29) is 18.0 Å². The summed E-state index contributed by atoms with van der Waals surface area (Å²) in [5.41, 5.74) is 0.883. The molecule has 2 heterocycles. The number of hydrogen-bond acceptors (Lipinski definition) is 6. The van der Waals surface area contributed by atoms with E-state index in [1.807, 2.05) is 18.2 Å². The molecule has 26 heavy (non-hydrogen) atoms. The Balaban J connectivity index is 1.79. The van der Waals surface area contributed by atoms with Crippen LogP contribution in [0.5, 0.6) is 0 Å². The lowest BCUT2D eigenvalue weighted by molar-refractivity contribution is -0.156. The molecule has 0 bridgehead atoms. The number of anilines is 1. The van der Waals surface area contributed by atoms with Crippen LogP contribution in [0.15, 0.2) is 47.1 Å². The molecule has 0 saturated heterocycles. The summed E-state index contributed by atoms with van der Waals surface area (Å²) in [4.78, 5) is 8.16. The Bertz CT molecular complexity index is 900. The predicted octanol–water partition coefficient (Wildman–Crippen LogP) is 2.85. The van der Waals surface area contributed by atoms with Crippen LogP contribution in [-0.2, 0) is 23.7 Å². The van der Waals surface area contributed by atoms with Gasteiger partial charge in [0.2, 0.25) is 0 Å². The van der Waals surface area contributed by atoms with Gasteiger partial charge < -0.3 is 4.42 Å². The zero-order chi connectivity index (χ0) is 18.7. The molecule has 0 aliphatic carbocycles. The van der Waals surface area contributed by atoms with Gasteiger partial charge in [0.1, 0.15) is 16.8 Å². The number of halogens is 3. The second-order valence-electron chi connectivity index (χ2n) is 5.09. The van der Waals surface area contributed by atoms with Gasteiger partial charge in [0.05, 0.1) is 12.1 Å². The first kappa shape index (κ1) is 18.0. The summed E-state index contributed by atoms with van der Waals surface area (Å²) in [5.74, 6) is -1.43. The number of aromatic nitrogens is 4. The van der Waals surface area contributed by atoms with Gasteiger partial charge in [-0.2, -0.15) is 13.2 Å². The van der Waals surface area contributed by atoms with Gasteiger partial charge in [-0.15, -0.1) is 10.2 Å². The maximum atomic E-state index is 12.5. The van der Waals surface area contributed by atoms with Gasteiger partial charge in [0.25, 0.3) is 5.89 Å². The molecule has 0 amide bonds. The van der Waals surface area contributed by atoms with Crippen molar-refractivity contribution in [3.8, 4) is 11.5 Å². The Hall–Kier alpha value is -2.82. The Morgan fingerprint density at radius 2 is 1.77 bits per heavy atom. The third kappa shape index (κ3) is 4.04. The smallest absolute Gasteiger partial charge is 0.413 e. The number of rotatable bonds is 5. The van der Waals surface area contributed by atoms with Crippen molar-refractivity contribution in [2.24, 2.45) is 0 Å². The molecule has 3 aromatic rings. The van der Waals surface area contributed by atoms with Crippen LogP contribution in [0, 0.1) is 0 Å². The lowest BCUT2D eigenvalue weighted by Gasteiger charge is -2.20. The SMILES string of the molecule is CS(=O)N(Cc1ncc(-c2nnc(C(F)(F)F)o2)cn1)c1ccccc1. The van der Waals surface area contributed by atoms with Crippen LogP contribution in [0.2, 0.25) is 0 Å². The fraction of sp³-hybridized carbons (Fsp3) is 0.200. The topological polar surface area (TPSA) is 85.0 Å². The molecule has 3 rings (SSSR count). The van der Waals surface area contributed by atoms with Crippen molar-refractivity contribution >= 4 is 16.7 Å². The zero-order valence-electron chi connectivity index (χ0n) is 13.3. The van der Waals surface area contributed by atoms with Crippen molar-refractivity contribution in [3.05, 3.63) is 54.4 Å². The Labute approximate surface area is 148 Å². The van der Waals surface area contributed by atoms with Crippen LogP contribution in [0.4, 0.5) is 18.9 Å². The highest BCUT2D eigenvalue weighted by Gasteiger charge is 2.38. The van der Waals surface area contributed by atoms with Gasteiger partial charge in [0, 0.05) is 24.3 Å². The van der Waals surface area contributed by atoms with E-state index in [1.54, 1.807) is 16.4 Å². The van der Waals surface area contributed by atoms with Crippen LogP contribution in [0.25, 0.3) is 11.5 Å². The fourth-order valence-corrected chi connectivity index (χ4v) is 2.77. The zero-order valence-corrected chi connectivity index (χ0v) is 14.2. The first-order chi connectivity index (χ1) is 12.3. The lowest BCUT2D eigenvalue weighted by atomic mass is 10.3. The predicted molar refractivity (Wildman–Crippen MR) is 87.0 cm³/mol. The molecule has 1 unspecified atom stereocenters. The maximum absolute atomic E-state index is 12.5. The third-order valence-electron chi connectivity index (χ3n) is 3.26. The van der Waals surface area contributed by atoms with Gasteiger partial charge in [-0.05, 0) is 12.1 Å². The highest BCUT2D eigenvalue weighted by molar-refractivity contribution is 7.85. The second kappa shape index (κ2) is 7.20.